The number of aromatic nitrogens is 2. The lowest BCUT2D eigenvalue weighted by molar-refractivity contribution is -0.274. The van der Waals surface area contributed by atoms with Crippen LogP contribution in [-0.2, 0) is 6.42 Å². The molecule has 0 radical (unpaired) electrons. The van der Waals surface area contributed by atoms with Gasteiger partial charge in [-0.25, -0.2) is 0 Å². The number of likely N-dealkylation sites (tertiary alicyclic amines) is 1. The van der Waals surface area contributed by atoms with E-state index >= 15 is 0 Å². The highest BCUT2D eigenvalue weighted by Crippen LogP contribution is 2.42. The normalized spacial score (nSPS) is 17.5. The van der Waals surface area contributed by atoms with Crippen molar-refractivity contribution in [3.05, 3.63) is 101 Å². The van der Waals surface area contributed by atoms with E-state index in [1.54, 1.807) is 18.3 Å². The molecule has 1 fully saturated rings. The van der Waals surface area contributed by atoms with E-state index in [1.807, 2.05) is 18.3 Å². The Labute approximate surface area is 248 Å². The van der Waals surface area contributed by atoms with E-state index in [0.29, 0.717) is 6.42 Å². The molecule has 0 amide bonds. The first-order chi connectivity index (χ1) is 20.9. The zero-order valence-corrected chi connectivity index (χ0v) is 23.7. The number of nitrogens with zero attached hydrogens (tertiary/aromatic N) is 2. The van der Waals surface area contributed by atoms with Gasteiger partial charge >= 0.3 is 6.36 Å². The van der Waals surface area contributed by atoms with E-state index in [-0.39, 0.29) is 18.5 Å². The van der Waals surface area contributed by atoms with E-state index in [9.17, 15) is 17.6 Å². The zero-order chi connectivity index (χ0) is 29.8. The van der Waals surface area contributed by atoms with Crippen molar-refractivity contribution in [1.82, 2.24) is 15.1 Å². The first-order valence-electron chi connectivity index (χ1n) is 14.6. The highest BCUT2D eigenvalue weighted by molar-refractivity contribution is 6.00. The van der Waals surface area contributed by atoms with Crippen molar-refractivity contribution in [3.8, 4) is 22.6 Å². The average Bonchev–Trinajstić information content (AvgIpc) is 3.65. The Kier molecular flexibility index (Phi) is 8.51. The van der Waals surface area contributed by atoms with Gasteiger partial charge in [0, 0.05) is 31.4 Å². The fraction of sp³-hybridized carbons (Fsp3) is 0.324. The second-order valence-electron chi connectivity index (χ2n) is 11.0. The molecule has 0 spiro atoms. The lowest BCUT2D eigenvalue weighted by Crippen LogP contribution is -2.26. The van der Waals surface area contributed by atoms with Crippen LogP contribution in [0.2, 0.25) is 0 Å². The number of H-pyrrole nitrogens is 1. The van der Waals surface area contributed by atoms with Crippen molar-refractivity contribution in [2.24, 2.45) is 0 Å². The number of alkyl halides is 4. The van der Waals surface area contributed by atoms with Crippen molar-refractivity contribution >= 4 is 11.1 Å². The number of allylic oxidation sites excluding steroid dienone is 1. The van der Waals surface area contributed by atoms with Crippen molar-refractivity contribution in [3.63, 3.8) is 0 Å². The van der Waals surface area contributed by atoms with E-state index in [0.717, 1.165) is 90.0 Å². The van der Waals surface area contributed by atoms with Gasteiger partial charge in [-0.3, -0.25) is 14.4 Å². The highest BCUT2D eigenvalue weighted by atomic mass is 19.4. The summed E-state index contributed by atoms with van der Waals surface area (Å²) in [6.45, 7) is 2.14. The van der Waals surface area contributed by atoms with Crippen molar-refractivity contribution in [1.29, 1.82) is 0 Å². The molecule has 1 aliphatic carbocycles. The number of aromatic amines is 1. The van der Waals surface area contributed by atoms with Crippen LogP contribution in [0.5, 0.6) is 11.5 Å². The molecular weight excluding hydrogens is 558 g/mol. The van der Waals surface area contributed by atoms with E-state index in [1.165, 1.54) is 17.7 Å². The Morgan fingerprint density at radius 1 is 0.884 bits per heavy atom. The molecule has 6 rings (SSSR count). The fourth-order valence-corrected chi connectivity index (χ4v) is 6.12. The Morgan fingerprint density at radius 2 is 1.63 bits per heavy atom. The molecule has 4 aromatic rings. The summed E-state index contributed by atoms with van der Waals surface area (Å²) in [6, 6.07) is 20.6. The smallest absolute Gasteiger partial charge is 0.489 e. The summed E-state index contributed by atoms with van der Waals surface area (Å²) in [5, 5.41) is 6.97. The second kappa shape index (κ2) is 12.6. The molecule has 9 heteroatoms. The van der Waals surface area contributed by atoms with E-state index in [4.69, 9.17) is 4.74 Å². The molecule has 5 nitrogen and oxygen atoms in total. The minimum Gasteiger partial charge on any atom is -0.489 e. The minimum absolute atomic E-state index is 0.0672. The third kappa shape index (κ3) is 6.94. The number of aryl methyl sites for hydroxylation is 1. The van der Waals surface area contributed by atoms with Crippen LogP contribution >= 0.6 is 0 Å². The van der Waals surface area contributed by atoms with Crippen LogP contribution in [-0.4, -0.2) is 53.9 Å². The lowest BCUT2D eigenvalue weighted by Gasteiger charge is -2.19. The molecule has 3 aromatic carbocycles. The number of nitrogens with one attached hydrogen (secondary N) is 1. The summed E-state index contributed by atoms with van der Waals surface area (Å²) in [7, 11) is 0. The topological polar surface area (TPSA) is 50.4 Å². The van der Waals surface area contributed by atoms with Crippen LogP contribution in [0.3, 0.4) is 0 Å². The van der Waals surface area contributed by atoms with Crippen LogP contribution in [0.4, 0.5) is 17.6 Å². The number of halogens is 4. The van der Waals surface area contributed by atoms with Crippen molar-refractivity contribution in [2.45, 2.75) is 44.6 Å². The average molecular weight is 592 g/mol. The fourth-order valence-electron chi connectivity index (χ4n) is 6.12. The maximum absolute atomic E-state index is 12.8. The Balaban J connectivity index is 1.34. The largest absolute Gasteiger partial charge is 0.573 e. The van der Waals surface area contributed by atoms with Gasteiger partial charge in [-0.2, -0.15) is 5.10 Å². The standard InChI is InChI=1S/C34H33F4N3O2/c35-16-2-17-41-18-15-30(22-41)42-28-10-7-24(8-11-28)33-31(23-5-12-29(13-6-23)43-34(36,37)38)4-1-3-26-19-25(9-14-32(26)33)27-20-39-40-21-27/h5-14,19-21,30H,1-4,15-18,22H2,(H,39,40)/t30-/m0/s1. The summed E-state index contributed by atoms with van der Waals surface area (Å²) in [4.78, 5) is 2.24. The molecule has 224 valence electrons. The molecule has 0 unspecified atom stereocenters. The summed E-state index contributed by atoms with van der Waals surface area (Å²) in [5.41, 5.74) is 8.38. The van der Waals surface area contributed by atoms with Crippen LogP contribution in [0, 0.1) is 0 Å². The third-order valence-electron chi connectivity index (χ3n) is 8.10. The number of hydrogen-bond donors (Lipinski definition) is 1. The second-order valence-corrected chi connectivity index (χ2v) is 11.0. The first kappa shape index (κ1) is 29.0. The Bertz CT molecular complexity index is 1550. The predicted molar refractivity (Wildman–Crippen MR) is 159 cm³/mol. The maximum Gasteiger partial charge on any atom is 0.573 e. The van der Waals surface area contributed by atoms with Gasteiger partial charge in [0.25, 0.3) is 0 Å². The molecule has 1 aliphatic heterocycles. The summed E-state index contributed by atoms with van der Waals surface area (Å²) in [5.74, 6) is 0.537. The molecule has 43 heavy (non-hydrogen) atoms. The summed E-state index contributed by atoms with van der Waals surface area (Å²) >= 11 is 0. The number of ether oxygens (including phenoxy) is 2. The molecule has 2 heterocycles. The number of hydrogen-bond acceptors (Lipinski definition) is 4. The molecular formula is C34H33F4N3O2. The number of fused-ring (bicyclic) bond motifs is 1. The Hall–Kier alpha value is -4.11. The van der Waals surface area contributed by atoms with Crippen LogP contribution in [0.15, 0.2) is 79.1 Å². The molecule has 0 bridgehead atoms. The molecule has 0 saturated carbocycles. The quantitative estimate of drug-likeness (QED) is 0.200. The zero-order valence-electron chi connectivity index (χ0n) is 23.7. The molecule has 1 aromatic heterocycles. The molecule has 2 aliphatic rings. The third-order valence-corrected chi connectivity index (χ3v) is 8.10. The predicted octanol–water partition coefficient (Wildman–Crippen LogP) is 8.08. The SMILES string of the molecule is FCCCN1CC[C@H](Oc2ccc(C3=C(c4ccc(OC(F)(F)F)cc4)CCCc4cc(-c5cn[nH]c5)ccc43)cc2)C1. The minimum atomic E-state index is -4.74. The monoisotopic (exact) mass is 591 g/mol. The molecule has 1 N–H and O–H groups in total. The van der Waals surface area contributed by atoms with Crippen LogP contribution in [0.1, 0.15) is 47.9 Å². The van der Waals surface area contributed by atoms with Gasteiger partial charge in [0.05, 0.1) is 12.9 Å². The van der Waals surface area contributed by atoms with E-state index < -0.39 is 6.36 Å². The first-order valence-corrected chi connectivity index (χ1v) is 14.6. The summed E-state index contributed by atoms with van der Waals surface area (Å²) in [6.07, 6.45) is 2.97. The lowest BCUT2D eigenvalue weighted by atomic mass is 9.87. The number of benzene rings is 3. The van der Waals surface area contributed by atoms with Crippen LogP contribution in [0.25, 0.3) is 22.3 Å². The van der Waals surface area contributed by atoms with Gasteiger partial charge in [-0.05, 0) is 95.3 Å². The van der Waals surface area contributed by atoms with Gasteiger partial charge in [-0.1, -0.05) is 42.5 Å². The summed E-state index contributed by atoms with van der Waals surface area (Å²) < 4.78 is 61.4. The van der Waals surface area contributed by atoms with Crippen molar-refractivity contribution in [2.75, 3.05) is 26.3 Å². The highest BCUT2D eigenvalue weighted by Gasteiger charge is 2.31. The van der Waals surface area contributed by atoms with Crippen LogP contribution < -0.4 is 9.47 Å². The van der Waals surface area contributed by atoms with Gasteiger partial charge in [0.2, 0.25) is 0 Å². The van der Waals surface area contributed by atoms with Crippen molar-refractivity contribution < 1.29 is 27.0 Å². The van der Waals surface area contributed by atoms with Gasteiger partial charge in [0.15, 0.2) is 0 Å². The van der Waals surface area contributed by atoms with Gasteiger partial charge in [0.1, 0.15) is 17.6 Å². The van der Waals surface area contributed by atoms with E-state index in [2.05, 4.69) is 50.2 Å². The Morgan fingerprint density at radius 3 is 2.35 bits per heavy atom. The molecule has 1 saturated heterocycles. The van der Waals surface area contributed by atoms with Gasteiger partial charge < -0.3 is 9.47 Å². The van der Waals surface area contributed by atoms with Gasteiger partial charge in [-0.15, -0.1) is 13.2 Å². The molecule has 1 atom stereocenters. The maximum atomic E-state index is 12.8. The number of rotatable bonds is 9.